The van der Waals surface area contributed by atoms with Crippen LogP contribution in [-0.4, -0.2) is 37.8 Å². The Labute approximate surface area is 131 Å². The van der Waals surface area contributed by atoms with E-state index in [2.05, 4.69) is 0 Å². The van der Waals surface area contributed by atoms with Crippen LogP contribution < -0.4 is 10.5 Å². The molecule has 0 spiro atoms. The van der Waals surface area contributed by atoms with Crippen LogP contribution in [0, 0.1) is 5.92 Å². The summed E-state index contributed by atoms with van der Waals surface area (Å²) in [6, 6.07) is 6.01. The minimum absolute atomic E-state index is 0. The summed E-state index contributed by atoms with van der Waals surface area (Å²) in [5.74, 6) is 0.769. The lowest BCUT2D eigenvalue weighted by molar-refractivity contribution is -0.133. The Morgan fingerprint density at radius 2 is 2.15 bits per heavy atom. The molecule has 4 nitrogen and oxygen atoms in total. The molecule has 0 aliphatic rings. The molecule has 1 aromatic rings. The first-order valence-corrected chi connectivity index (χ1v) is 7.41. The van der Waals surface area contributed by atoms with Crippen molar-refractivity contribution in [3.63, 3.8) is 0 Å². The molecule has 0 heterocycles. The highest BCUT2D eigenvalue weighted by atomic mass is 35.5. The Kier molecular flexibility index (Phi) is 8.69. The Morgan fingerprint density at radius 1 is 1.50 bits per heavy atom. The van der Waals surface area contributed by atoms with Crippen molar-refractivity contribution in [1.29, 1.82) is 0 Å². The molecule has 0 bridgehead atoms. The van der Waals surface area contributed by atoms with Crippen LogP contribution in [0.5, 0.6) is 5.75 Å². The maximum atomic E-state index is 12.0. The van der Waals surface area contributed by atoms with Gasteiger partial charge in [0.25, 0.3) is 0 Å². The molecule has 2 N–H and O–H groups in total. The summed E-state index contributed by atoms with van der Waals surface area (Å²) in [6.07, 6.45) is 2.01. The predicted molar refractivity (Wildman–Crippen MR) is 86.7 cm³/mol. The summed E-state index contributed by atoms with van der Waals surface area (Å²) in [7, 11) is 3.45. The van der Waals surface area contributed by atoms with Crippen LogP contribution in [0.3, 0.4) is 0 Å². The van der Waals surface area contributed by atoms with Gasteiger partial charge in [-0.1, -0.05) is 13.0 Å². The van der Waals surface area contributed by atoms with Crippen LogP contribution in [0.2, 0.25) is 0 Å². The van der Waals surface area contributed by atoms with Crippen LogP contribution >= 0.6 is 24.2 Å². The van der Waals surface area contributed by atoms with Gasteiger partial charge in [0.05, 0.1) is 7.11 Å². The molecule has 0 fully saturated rings. The van der Waals surface area contributed by atoms with Gasteiger partial charge in [-0.25, -0.2) is 0 Å². The van der Waals surface area contributed by atoms with Gasteiger partial charge in [0.1, 0.15) is 5.75 Å². The zero-order chi connectivity index (χ0) is 14.4. The van der Waals surface area contributed by atoms with Gasteiger partial charge in [-0.3, -0.25) is 4.79 Å². The zero-order valence-corrected chi connectivity index (χ0v) is 14.0. The number of rotatable bonds is 6. The maximum absolute atomic E-state index is 12.0. The second kappa shape index (κ2) is 9.10. The van der Waals surface area contributed by atoms with E-state index < -0.39 is 0 Å². The van der Waals surface area contributed by atoms with Gasteiger partial charge in [-0.05, 0) is 24.0 Å². The summed E-state index contributed by atoms with van der Waals surface area (Å²) >= 11 is 1.64. The highest BCUT2D eigenvalue weighted by molar-refractivity contribution is 7.98. The van der Waals surface area contributed by atoms with Crippen molar-refractivity contribution in [3.05, 3.63) is 23.8 Å². The van der Waals surface area contributed by atoms with E-state index in [1.807, 2.05) is 31.4 Å². The summed E-state index contributed by atoms with van der Waals surface area (Å²) < 4.78 is 5.34. The van der Waals surface area contributed by atoms with Crippen LogP contribution in [0.25, 0.3) is 0 Å². The highest BCUT2D eigenvalue weighted by Crippen LogP contribution is 2.28. The average Bonchev–Trinajstić information content (AvgIpc) is 2.45. The lowest BCUT2D eigenvalue weighted by Crippen LogP contribution is -2.34. The monoisotopic (exact) mass is 318 g/mol. The summed E-state index contributed by atoms with van der Waals surface area (Å²) in [5, 5.41) is 0. The summed E-state index contributed by atoms with van der Waals surface area (Å²) in [4.78, 5) is 14.8. The molecule has 0 aliphatic carbocycles. The van der Waals surface area contributed by atoms with Crippen LogP contribution in [-0.2, 0) is 11.3 Å². The minimum atomic E-state index is -0.141. The molecule has 20 heavy (non-hydrogen) atoms. The molecule has 0 radical (unpaired) electrons. The normalized spacial score (nSPS) is 11.4. The number of carbonyl (C=O) groups is 1. The Hall–Kier alpha value is -0.910. The Morgan fingerprint density at radius 3 is 2.65 bits per heavy atom. The fourth-order valence-corrected chi connectivity index (χ4v) is 2.36. The summed E-state index contributed by atoms with van der Waals surface area (Å²) in [6.45, 7) is 2.78. The van der Waals surface area contributed by atoms with Crippen molar-refractivity contribution < 1.29 is 9.53 Å². The predicted octanol–water partition coefficient (Wildman–Crippen LogP) is 2.39. The third-order valence-electron chi connectivity index (χ3n) is 3.02. The molecular formula is C14H23ClN2O2S. The molecule has 114 valence electrons. The van der Waals surface area contributed by atoms with Gasteiger partial charge in [0.2, 0.25) is 5.91 Å². The molecule has 0 saturated heterocycles. The van der Waals surface area contributed by atoms with Gasteiger partial charge in [-0.15, -0.1) is 24.2 Å². The SMILES string of the molecule is COc1cc(CN(C)C(=O)C(C)CN)ccc1SC.Cl. The number of halogens is 1. The standard InChI is InChI=1S/C14H22N2O2S.ClH/c1-10(8-15)14(17)16(2)9-11-5-6-13(19-4)12(7-11)18-3;/h5-7,10H,8-9,15H2,1-4H3;1H. The quantitative estimate of drug-likeness (QED) is 0.818. The van der Waals surface area contributed by atoms with E-state index in [1.165, 1.54) is 0 Å². The molecule has 1 aromatic carbocycles. The van der Waals surface area contributed by atoms with Crippen molar-refractivity contribution in [2.75, 3.05) is 27.0 Å². The highest BCUT2D eigenvalue weighted by Gasteiger charge is 2.16. The molecule has 0 aromatic heterocycles. The molecule has 1 rings (SSSR count). The van der Waals surface area contributed by atoms with Crippen LogP contribution in [0.1, 0.15) is 12.5 Å². The fraction of sp³-hybridized carbons (Fsp3) is 0.500. The number of ether oxygens (including phenoxy) is 1. The number of hydrogen-bond donors (Lipinski definition) is 1. The van der Waals surface area contributed by atoms with Gasteiger partial charge in [0, 0.05) is 31.0 Å². The number of benzene rings is 1. The van der Waals surface area contributed by atoms with Gasteiger partial charge in [-0.2, -0.15) is 0 Å². The minimum Gasteiger partial charge on any atom is -0.496 e. The van der Waals surface area contributed by atoms with Gasteiger partial charge < -0.3 is 15.4 Å². The van der Waals surface area contributed by atoms with Crippen molar-refractivity contribution in [1.82, 2.24) is 4.90 Å². The zero-order valence-electron chi connectivity index (χ0n) is 12.4. The van der Waals surface area contributed by atoms with Crippen LogP contribution in [0.4, 0.5) is 0 Å². The number of hydrogen-bond acceptors (Lipinski definition) is 4. The molecule has 1 atom stereocenters. The van der Waals surface area contributed by atoms with E-state index in [9.17, 15) is 4.79 Å². The largest absolute Gasteiger partial charge is 0.496 e. The number of nitrogens with zero attached hydrogens (tertiary/aromatic N) is 1. The third kappa shape index (κ3) is 4.89. The van der Waals surface area contributed by atoms with Gasteiger partial charge >= 0.3 is 0 Å². The van der Waals surface area contributed by atoms with E-state index in [1.54, 1.807) is 30.8 Å². The number of carbonyl (C=O) groups excluding carboxylic acids is 1. The first kappa shape index (κ1) is 19.1. The van der Waals surface area contributed by atoms with Crippen LogP contribution in [0.15, 0.2) is 23.1 Å². The number of amides is 1. The molecule has 0 saturated carbocycles. The number of methoxy groups -OCH3 is 1. The molecular weight excluding hydrogens is 296 g/mol. The molecule has 6 heteroatoms. The maximum Gasteiger partial charge on any atom is 0.226 e. The number of thioether (sulfide) groups is 1. The number of nitrogens with two attached hydrogens (primary N) is 1. The molecule has 1 amide bonds. The van der Waals surface area contributed by atoms with E-state index in [0.29, 0.717) is 13.1 Å². The van der Waals surface area contributed by atoms with Crippen molar-refractivity contribution >= 4 is 30.1 Å². The van der Waals surface area contributed by atoms with E-state index in [-0.39, 0.29) is 24.2 Å². The smallest absolute Gasteiger partial charge is 0.226 e. The van der Waals surface area contributed by atoms with Crippen molar-refractivity contribution in [3.8, 4) is 5.75 Å². The first-order chi connectivity index (χ1) is 9.03. The summed E-state index contributed by atoms with van der Waals surface area (Å²) in [5.41, 5.74) is 6.57. The van der Waals surface area contributed by atoms with Crippen molar-refractivity contribution in [2.45, 2.75) is 18.4 Å². The third-order valence-corrected chi connectivity index (χ3v) is 3.80. The second-order valence-electron chi connectivity index (χ2n) is 4.52. The Balaban J connectivity index is 0.00000361. The first-order valence-electron chi connectivity index (χ1n) is 6.19. The van der Waals surface area contributed by atoms with Gasteiger partial charge in [0.15, 0.2) is 0 Å². The lowest BCUT2D eigenvalue weighted by Gasteiger charge is -2.21. The Bertz CT molecular complexity index is 443. The van der Waals surface area contributed by atoms with E-state index in [4.69, 9.17) is 10.5 Å². The van der Waals surface area contributed by atoms with Crippen molar-refractivity contribution in [2.24, 2.45) is 11.7 Å². The molecule has 1 unspecified atom stereocenters. The second-order valence-corrected chi connectivity index (χ2v) is 5.37. The fourth-order valence-electron chi connectivity index (χ4n) is 1.81. The van der Waals surface area contributed by atoms with E-state index in [0.717, 1.165) is 16.2 Å². The topological polar surface area (TPSA) is 55.6 Å². The average molecular weight is 319 g/mol. The lowest BCUT2D eigenvalue weighted by atomic mass is 10.1. The van der Waals surface area contributed by atoms with E-state index >= 15 is 0 Å². The molecule has 0 aliphatic heterocycles.